The summed E-state index contributed by atoms with van der Waals surface area (Å²) >= 11 is 1.47. The number of aromatic nitrogens is 1. The molecule has 1 heterocycles. The zero-order valence-electron chi connectivity index (χ0n) is 54.7. The number of hydrogen-bond donors (Lipinski definition) is 11. The number of H-pyrrole nitrogens is 1. The first-order valence-electron chi connectivity index (χ1n) is 32.4. The van der Waals surface area contributed by atoms with Crippen molar-refractivity contribution in [1.82, 2.24) is 26.3 Å². The van der Waals surface area contributed by atoms with E-state index in [4.69, 9.17) is 28.7 Å². The summed E-state index contributed by atoms with van der Waals surface area (Å²) in [5.41, 5.74) is 32.3. The van der Waals surface area contributed by atoms with E-state index in [-0.39, 0.29) is 81.6 Å². The highest BCUT2D eigenvalue weighted by atomic mass is 32.2. The normalized spacial score (nSPS) is 14.3. The lowest BCUT2D eigenvalue weighted by Crippen LogP contribution is -2.53. The number of thioether (sulfide) groups is 1. The molecule has 3 aromatic rings. The molecule has 16 N–H and O–H groups in total. The van der Waals surface area contributed by atoms with E-state index < -0.39 is 106 Å². The topological polar surface area (TPSA) is 368 Å². The summed E-state index contributed by atoms with van der Waals surface area (Å²) in [5.74, 6) is -7.90. The van der Waals surface area contributed by atoms with Gasteiger partial charge >= 0.3 is 0 Å². The van der Waals surface area contributed by atoms with Gasteiger partial charge in [-0.15, -0.1) is 0 Å². The number of carbonyl (C=O) groups is 9. The van der Waals surface area contributed by atoms with Crippen molar-refractivity contribution in [2.24, 2.45) is 69.6 Å². The maximum atomic E-state index is 14.9. The van der Waals surface area contributed by atoms with Crippen LogP contribution in [0.15, 0.2) is 67.4 Å². The first kappa shape index (κ1) is 77.9. The number of Topliss-reactive ketones (excluding diaryl/α,β-unsaturated/α-hetero) is 5. The number of unbranched alkanes of at least 4 members (excludes halogenated alkanes) is 2. The fraction of sp³-hybridized carbons (Fsp3) is 0.609. The van der Waals surface area contributed by atoms with Crippen molar-refractivity contribution in [1.29, 1.82) is 0 Å². The van der Waals surface area contributed by atoms with Crippen LogP contribution in [0.25, 0.3) is 6.08 Å². The fourth-order valence-corrected chi connectivity index (χ4v) is 12.1. The highest BCUT2D eigenvalue weighted by Crippen LogP contribution is 2.31. The second kappa shape index (κ2) is 41.2. The standard InChI is InChI=1S/C69H108N10O10S/c1-9-55-46(6)75-42-53(55)37-52(65(86)76-57(22-14-16-31-71)60(82)38-50(47(7)80)21-13-15-30-70)40-61(83)58(27-34-90-8)77-67(88)56(44(2)3)41-63(85)64(45(4)5)79-66(87)51(35-49-23-25-54(81)26-24-49)39-62(84)59(36-48-19-11-10-12-20-48)78-68(89)69(43-74,28-17-32-72)29-18-33-73/h9-12,19-20,23-26,42,44-45,50-52,56-59,64,75,81H,1,13-18,21-22,27-41,43,70-74H2,2-8H3,(H,76,86)(H,77,88)(H,78,89)(H,79,87)/t50-,51+,52+,56-,57-,58-,59-,64-/m0/s1. The Labute approximate surface area is 539 Å². The Bertz CT molecular complexity index is 2750. The average Bonchev–Trinajstić information content (AvgIpc) is 2.05. The highest BCUT2D eigenvalue weighted by Gasteiger charge is 2.40. The third-order valence-electron chi connectivity index (χ3n) is 17.4. The molecule has 0 aliphatic carbocycles. The van der Waals surface area contributed by atoms with E-state index in [9.17, 15) is 48.3 Å². The number of hydrogen-bond acceptors (Lipinski definition) is 16. The molecule has 0 spiro atoms. The van der Waals surface area contributed by atoms with E-state index in [0.29, 0.717) is 95.3 Å². The van der Waals surface area contributed by atoms with E-state index in [1.807, 2.05) is 43.5 Å². The molecule has 0 saturated heterocycles. The number of nitrogens with one attached hydrogen (secondary N) is 5. The molecule has 20 nitrogen and oxygen atoms in total. The van der Waals surface area contributed by atoms with Crippen LogP contribution in [0.2, 0.25) is 0 Å². The van der Waals surface area contributed by atoms with Crippen LogP contribution in [0.3, 0.4) is 0 Å². The largest absolute Gasteiger partial charge is 0.508 e. The van der Waals surface area contributed by atoms with Gasteiger partial charge in [0.25, 0.3) is 0 Å². The average molecular weight is 1270 g/mol. The summed E-state index contributed by atoms with van der Waals surface area (Å²) in [6, 6.07) is 11.2. The molecule has 0 saturated carbocycles. The van der Waals surface area contributed by atoms with Gasteiger partial charge in [0.05, 0.1) is 29.6 Å². The molecule has 8 atom stereocenters. The predicted molar refractivity (Wildman–Crippen MR) is 359 cm³/mol. The SMILES string of the molecule is C=Cc1c(C[C@H](CC(=O)[C@H](CCSC)NC(=O)[C@@H](CC(=O)[C@@H](NC(=O)[C@@H](CC(=O)[C@H](Cc2ccccc2)NC(=O)C(CN)(CCCN)CCCN)Cc2ccc(O)cc2)C(C)C)C(C)C)C(=O)N[C@@H](CCCCN)C(=O)C[C@H](CCCCN)C(C)=O)c[nH]c1C. The van der Waals surface area contributed by atoms with E-state index in [1.54, 1.807) is 52.1 Å². The molecule has 90 heavy (non-hydrogen) atoms. The van der Waals surface area contributed by atoms with Gasteiger partial charge in [0.2, 0.25) is 23.6 Å². The van der Waals surface area contributed by atoms with Gasteiger partial charge in [-0.05, 0) is 182 Å². The van der Waals surface area contributed by atoms with Crippen LogP contribution < -0.4 is 49.9 Å². The van der Waals surface area contributed by atoms with Crippen molar-refractivity contribution >= 4 is 70.4 Å². The molecule has 0 bridgehead atoms. The van der Waals surface area contributed by atoms with E-state index in [1.165, 1.54) is 30.8 Å². The van der Waals surface area contributed by atoms with Crippen molar-refractivity contribution in [3.8, 4) is 5.75 Å². The second-order valence-corrected chi connectivity index (χ2v) is 26.0. The number of nitrogens with two attached hydrogens (primary N) is 5. The maximum absolute atomic E-state index is 14.9. The lowest BCUT2D eigenvalue weighted by atomic mass is 9.77. The molecular weight excluding hydrogens is 1160 g/mol. The first-order chi connectivity index (χ1) is 42.9. The summed E-state index contributed by atoms with van der Waals surface area (Å²) in [4.78, 5) is 133. The number of aryl methyl sites for hydroxylation is 1. The van der Waals surface area contributed by atoms with Crippen LogP contribution in [-0.2, 0) is 62.4 Å². The number of phenolic OH excluding ortho intramolecular Hbond substituents is 1. The van der Waals surface area contributed by atoms with Crippen molar-refractivity contribution in [3.63, 3.8) is 0 Å². The molecule has 0 aliphatic rings. The van der Waals surface area contributed by atoms with Crippen LogP contribution >= 0.6 is 11.8 Å². The Hall–Kier alpha value is -6.36. The maximum Gasteiger partial charge on any atom is 0.228 e. The number of ketones is 5. The Morgan fingerprint density at radius 1 is 0.589 bits per heavy atom. The van der Waals surface area contributed by atoms with Crippen molar-refractivity contribution in [2.45, 2.75) is 181 Å². The summed E-state index contributed by atoms with van der Waals surface area (Å²) in [6.07, 6.45) is 9.73. The molecule has 1 aromatic heterocycles. The number of phenols is 1. The molecule has 0 aliphatic heterocycles. The van der Waals surface area contributed by atoms with Crippen molar-refractivity contribution < 1.29 is 48.3 Å². The monoisotopic (exact) mass is 1270 g/mol. The van der Waals surface area contributed by atoms with E-state index in [0.717, 1.165) is 22.4 Å². The number of carbonyl (C=O) groups excluding carboxylic acids is 9. The fourth-order valence-electron chi connectivity index (χ4n) is 11.6. The van der Waals surface area contributed by atoms with Gasteiger partial charge in [-0.25, -0.2) is 0 Å². The number of aromatic amines is 1. The summed E-state index contributed by atoms with van der Waals surface area (Å²) in [7, 11) is 0. The van der Waals surface area contributed by atoms with Gasteiger partial charge in [0, 0.05) is 67.8 Å². The Kier molecular flexibility index (Phi) is 35.6. The molecular formula is C69H108N10O10S. The summed E-state index contributed by atoms with van der Waals surface area (Å²) < 4.78 is 0. The number of rotatable bonds is 48. The summed E-state index contributed by atoms with van der Waals surface area (Å²) in [5, 5.41) is 22.1. The minimum absolute atomic E-state index is 0.000299. The molecule has 0 radical (unpaired) electrons. The third kappa shape index (κ3) is 25.7. The zero-order chi connectivity index (χ0) is 66.9. The van der Waals surface area contributed by atoms with Crippen molar-refractivity contribution in [3.05, 3.63) is 95.3 Å². The lowest BCUT2D eigenvalue weighted by Gasteiger charge is -2.33. The molecule has 0 unspecified atom stereocenters. The van der Waals surface area contributed by atoms with Gasteiger partial charge in [-0.3, -0.25) is 43.2 Å². The lowest BCUT2D eigenvalue weighted by molar-refractivity contribution is -0.137. The van der Waals surface area contributed by atoms with Gasteiger partial charge in [-0.2, -0.15) is 11.8 Å². The van der Waals surface area contributed by atoms with Crippen LogP contribution in [0.5, 0.6) is 5.75 Å². The Morgan fingerprint density at radius 3 is 1.64 bits per heavy atom. The number of aromatic hydroxyl groups is 1. The third-order valence-corrected chi connectivity index (χ3v) is 18.0. The molecule has 0 fully saturated rings. The minimum atomic E-state index is -1.12. The van der Waals surface area contributed by atoms with Gasteiger partial charge in [-0.1, -0.05) is 89.2 Å². The quantitative estimate of drug-likeness (QED) is 0.0277. The van der Waals surface area contributed by atoms with Crippen LogP contribution in [0.4, 0.5) is 0 Å². The Morgan fingerprint density at radius 2 is 1.11 bits per heavy atom. The Balaban J connectivity index is 1.99. The van der Waals surface area contributed by atoms with Crippen LogP contribution in [-0.4, -0.2) is 132 Å². The molecule has 4 amide bonds. The molecule has 21 heteroatoms. The molecule has 500 valence electrons. The second-order valence-electron chi connectivity index (χ2n) is 25.1. The van der Waals surface area contributed by atoms with E-state index in [2.05, 4.69) is 32.8 Å². The molecule has 3 rings (SSSR count). The van der Waals surface area contributed by atoms with Gasteiger partial charge < -0.3 is 60.0 Å². The van der Waals surface area contributed by atoms with Gasteiger partial charge in [0.15, 0.2) is 23.1 Å². The number of benzene rings is 2. The highest BCUT2D eigenvalue weighted by molar-refractivity contribution is 7.98. The number of amides is 4. The first-order valence-corrected chi connectivity index (χ1v) is 33.8. The summed E-state index contributed by atoms with van der Waals surface area (Å²) in [6.45, 7) is 15.9. The van der Waals surface area contributed by atoms with E-state index >= 15 is 0 Å². The van der Waals surface area contributed by atoms with Crippen LogP contribution in [0.1, 0.15) is 159 Å². The predicted octanol–water partition coefficient (Wildman–Crippen LogP) is 6.28. The molecule has 2 aromatic carbocycles. The zero-order valence-corrected chi connectivity index (χ0v) is 55.5. The smallest absolute Gasteiger partial charge is 0.228 e. The van der Waals surface area contributed by atoms with Gasteiger partial charge in [0.1, 0.15) is 11.5 Å². The minimum Gasteiger partial charge on any atom is -0.508 e. The van der Waals surface area contributed by atoms with Crippen LogP contribution in [0, 0.1) is 47.8 Å². The van der Waals surface area contributed by atoms with Crippen molar-refractivity contribution in [2.75, 3.05) is 44.7 Å².